The van der Waals surface area contributed by atoms with Gasteiger partial charge < -0.3 is 9.84 Å². The van der Waals surface area contributed by atoms with Gasteiger partial charge in [-0.1, -0.05) is 0 Å². The molecular weight excluding hydrogens is 154 g/mol. The van der Waals surface area contributed by atoms with Gasteiger partial charge in [0.05, 0.1) is 13.7 Å². The Kier molecular flexibility index (Phi) is 2.65. The summed E-state index contributed by atoms with van der Waals surface area (Å²) >= 11 is 0. The topological polar surface area (TPSA) is 42.4 Å². The smallest absolute Gasteiger partial charge is 0.218 e. The molecule has 0 fully saturated rings. The summed E-state index contributed by atoms with van der Waals surface area (Å²) in [6.45, 7) is 3.88. The quantitative estimate of drug-likeness (QED) is 0.719. The summed E-state index contributed by atoms with van der Waals surface area (Å²) in [4.78, 5) is 4.05. The summed E-state index contributed by atoms with van der Waals surface area (Å²) in [6.07, 6.45) is 1.74. The summed E-state index contributed by atoms with van der Waals surface area (Å²) < 4.78 is 5.00. The van der Waals surface area contributed by atoms with E-state index >= 15 is 0 Å². The van der Waals surface area contributed by atoms with Crippen molar-refractivity contribution in [1.29, 1.82) is 0 Å². The van der Waals surface area contributed by atoms with Gasteiger partial charge in [-0.15, -0.1) is 0 Å². The van der Waals surface area contributed by atoms with E-state index in [9.17, 15) is 0 Å². The molecule has 0 aliphatic rings. The number of hydrogen-bond donors (Lipinski definition) is 1. The lowest BCUT2D eigenvalue weighted by molar-refractivity contribution is 0.270. The van der Waals surface area contributed by atoms with Crippen molar-refractivity contribution in [3.63, 3.8) is 0 Å². The van der Waals surface area contributed by atoms with E-state index in [1.807, 2.05) is 13.8 Å². The van der Waals surface area contributed by atoms with Crippen LogP contribution in [0.2, 0.25) is 0 Å². The van der Waals surface area contributed by atoms with Gasteiger partial charge in [0.15, 0.2) is 0 Å². The number of rotatable bonds is 2. The second kappa shape index (κ2) is 3.54. The first-order valence-corrected chi connectivity index (χ1v) is 3.80. The number of ether oxygens (including phenoxy) is 1. The van der Waals surface area contributed by atoms with E-state index in [2.05, 4.69) is 4.98 Å². The van der Waals surface area contributed by atoms with E-state index in [1.165, 1.54) is 0 Å². The molecule has 3 heteroatoms. The highest BCUT2D eigenvalue weighted by Gasteiger charge is 2.07. The highest BCUT2D eigenvalue weighted by atomic mass is 16.5. The van der Waals surface area contributed by atoms with Gasteiger partial charge in [0, 0.05) is 11.8 Å². The van der Waals surface area contributed by atoms with Crippen LogP contribution in [0, 0.1) is 13.8 Å². The van der Waals surface area contributed by atoms with Crippen LogP contribution < -0.4 is 4.74 Å². The number of pyridine rings is 1. The molecular formula is C9H13NO2. The van der Waals surface area contributed by atoms with E-state index in [0.717, 1.165) is 16.7 Å². The molecule has 66 valence electrons. The normalized spacial score (nSPS) is 10.0. The standard InChI is InChI=1S/C9H13NO2/c1-6-4-10-9(12-3)8(5-11)7(6)2/h4,11H,5H2,1-3H3. The Hall–Kier alpha value is -1.09. The van der Waals surface area contributed by atoms with Gasteiger partial charge in [-0.25, -0.2) is 4.98 Å². The summed E-state index contributed by atoms with van der Waals surface area (Å²) in [5.41, 5.74) is 2.89. The van der Waals surface area contributed by atoms with Crippen molar-refractivity contribution >= 4 is 0 Å². The lowest BCUT2D eigenvalue weighted by atomic mass is 10.1. The monoisotopic (exact) mass is 167 g/mol. The second-order valence-electron chi connectivity index (χ2n) is 2.71. The van der Waals surface area contributed by atoms with Gasteiger partial charge in [-0.2, -0.15) is 0 Å². The molecule has 1 aromatic rings. The van der Waals surface area contributed by atoms with Crippen molar-refractivity contribution in [2.45, 2.75) is 20.5 Å². The number of aromatic nitrogens is 1. The maximum absolute atomic E-state index is 9.03. The first-order valence-electron chi connectivity index (χ1n) is 3.80. The fourth-order valence-electron chi connectivity index (χ4n) is 1.09. The minimum Gasteiger partial charge on any atom is -0.481 e. The van der Waals surface area contributed by atoms with Gasteiger partial charge in [0.2, 0.25) is 5.88 Å². The zero-order valence-corrected chi connectivity index (χ0v) is 7.59. The maximum atomic E-state index is 9.03. The van der Waals surface area contributed by atoms with Crippen molar-refractivity contribution in [2.24, 2.45) is 0 Å². The van der Waals surface area contributed by atoms with E-state index in [1.54, 1.807) is 13.3 Å². The largest absolute Gasteiger partial charge is 0.481 e. The third kappa shape index (κ3) is 1.41. The third-order valence-corrected chi connectivity index (χ3v) is 2.03. The zero-order chi connectivity index (χ0) is 9.14. The first-order chi connectivity index (χ1) is 5.70. The van der Waals surface area contributed by atoms with E-state index in [0.29, 0.717) is 5.88 Å². The molecule has 0 amide bonds. The molecule has 0 bridgehead atoms. The minimum absolute atomic E-state index is 0.0241. The summed E-state index contributed by atoms with van der Waals surface area (Å²) in [5.74, 6) is 0.514. The van der Waals surface area contributed by atoms with Crippen molar-refractivity contribution in [1.82, 2.24) is 4.98 Å². The minimum atomic E-state index is -0.0241. The van der Waals surface area contributed by atoms with Gasteiger partial charge in [-0.05, 0) is 25.0 Å². The molecule has 0 aliphatic carbocycles. The van der Waals surface area contributed by atoms with Crippen LogP contribution in [0.5, 0.6) is 5.88 Å². The molecule has 0 unspecified atom stereocenters. The molecule has 1 aromatic heterocycles. The van der Waals surface area contributed by atoms with Crippen LogP contribution in [0.4, 0.5) is 0 Å². The number of aliphatic hydroxyl groups is 1. The first kappa shape index (κ1) is 9.00. The van der Waals surface area contributed by atoms with Crippen LogP contribution >= 0.6 is 0 Å². The van der Waals surface area contributed by atoms with Crippen LogP contribution in [-0.4, -0.2) is 17.2 Å². The molecule has 12 heavy (non-hydrogen) atoms. The highest BCUT2D eigenvalue weighted by molar-refractivity contribution is 5.37. The zero-order valence-electron chi connectivity index (χ0n) is 7.59. The molecule has 0 radical (unpaired) electrons. The summed E-state index contributed by atoms with van der Waals surface area (Å²) in [7, 11) is 1.55. The van der Waals surface area contributed by atoms with Gasteiger partial charge >= 0.3 is 0 Å². The van der Waals surface area contributed by atoms with Crippen LogP contribution in [0.1, 0.15) is 16.7 Å². The molecule has 1 heterocycles. The number of aliphatic hydroxyl groups excluding tert-OH is 1. The molecule has 0 saturated carbocycles. The van der Waals surface area contributed by atoms with E-state index in [-0.39, 0.29) is 6.61 Å². The predicted octanol–water partition coefficient (Wildman–Crippen LogP) is 1.20. The Balaban J connectivity index is 3.25. The fraction of sp³-hybridized carbons (Fsp3) is 0.444. The average Bonchev–Trinajstić information content (AvgIpc) is 2.09. The maximum Gasteiger partial charge on any atom is 0.218 e. The second-order valence-corrected chi connectivity index (χ2v) is 2.71. The van der Waals surface area contributed by atoms with Crippen LogP contribution in [-0.2, 0) is 6.61 Å². The molecule has 0 atom stereocenters. The Morgan fingerprint density at radius 3 is 2.67 bits per heavy atom. The fourth-order valence-corrected chi connectivity index (χ4v) is 1.09. The Morgan fingerprint density at radius 2 is 2.17 bits per heavy atom. The molecule has 0 saturated heterocycles. The van der Waals surface area contributed by atoms with Crippen LogP contribution in [0.3, 0.4) is 0 Å². The predicted molar refractivity (Wildman–Crippen MR) is 46.2 cm³/mol. The van der Waals surface area contributed by atoms with Crippen molar-refractivity contribution in [3.8, 4) is 5.88 Å². The molecule has 0 aromatic carbocycles. The summed E-state index contributed by atoms with van der Waals surface area (Å²) in [5, 5.41) is 9.03. The lowest BCUT2D eigenvalue weighted by Gasteiger charge is -2.09. The molecule has 0 spiro atoms. The average molecular weight is 167 g/mol. The van der Waals surface area contributed by atoms with Crippen molar-refractivity contribution < 1.29 is 9.84 Å². The molecule has 1 N–H and O–H groups in total. The van der Waals surface area contributed by atoms with Crippen LogP contribution in [0.15, 0.2) is 6.20 Å². The number of methoxy groups -OCH3 is 1. The number of hydrogen-bond acceptors (Lipinski definition) is 3. The molecule has 1 rings (SSSR count). The lowest BCUT2D eigenvalue weighted by Crippen LogP contribution is -1.99. The van der Waals surface area contributed by atoms with E-state index in [4.69, 9.17) is 9.84 Å². The van der Waals surface area contributed by atoms with Gasteiger partial charge in [-0.3, -0.25) is 0 Å². The van der Waals surface area contributed by atoms with E-state index < -0.39 is 0 Å². The molecule has 3 nitrogen and oxygen atoms in total. The Morgan fingerprint density at radius 1 is 1.50 bits per heavy atom. The van der Waals surface area contributed by atoms with Gasteiger partial charge in [0.1, 0.15) is 0 Å². The highest BCUT2D eigenvalue weighted by Crippen LogP contribution is 2.21. The Bertz CT molecular complexity index is 284. The van der Waals surface area contributed by atoms with Gasteiger partial charge in [0.25, 0.3) is 0 Å². The number of nitrogens with zero attached hydrogens (tertiary/aromatic N) is 1. The number of aryl methyl sites for hydroxylation is 1. The summed E-state index contributed by atoms with van der Waals surface area (Å²) in [6, 6.07) is 0. The third-order valence-electron chi connectivity index (χ3n) is 2.03. The molecule has 0 aliphatic heterocycles. The van der Waals surface area contributed by atoms with Crippen molar-refractivity contribution in [2.75, 3.05) is 7.11 Å². The Labute approximate surface area is 72.0 Å². The van der Waals surface area contributed by atoms with Crippen LogP contribution in [0.25, 0.3) is 0 Å². The SMILES string of the molecule is COc1ncc(C)c(C)c1CO. The van der Waals surface area contributed by atoms with Crippen molar-refractivity contribution in [3.05, 3.63) is 22.9 Å².